The predicted molar refractivity (Wildman–Crippen MR) is 79.2 cm³/mol. The Bertz CT molecular complexity index is 462. The van der Waals surface area contributed by atoms with Crippen molar-refractivity contribution in [2.45, 2.75) is 46.7 Å². The third kappa shape index (κ3) is 3.57. The molecule has 3 heteroatoms. The van der Waals surface area contributed by atoms with Crippen LogP contribution in [0.15, 0.2) is 24.3 Å². The molecule has 1 unspecified atom stereocenters. The minimum Gasteiger partial charge on any atom is -0.311 e. The maximum absolute atomic E-state index is 12.6. The van der Waals surface area contributed by atoms with Crippen LogP contribution in [-0.4, -0.2) is 18.5 Å². The van der Waals surface area contributed by atoms with Gasteiger partial charge in [-0.1, -0.05) is 39.0 Å². The molecule has 0 spiro atoms. The van der Waals surface area contributed by atoms with Crippen molar-refractivity contribution in [2.24, 2.45) is 5.41 Å². The van der Waals surface area contributed by atoms with Gasteiger partial charge in [-0.15, -0.1) is 0 Å². The second kappa shape index (κ2) is 5.33. The Morgan fingerprint density at radius 3 is 2.74 bits per heavy atom. The van der Waals surface area contributed by atoms with Crippen LogP contribution in [0.4, 0.5) is 5.69 Å². The van der Waals surface area contributed by atoms with Crippen LogP contribution >= 0.6 is 0 Å². The number of carbonyl (C=O) groups excluding carboxylic acids is 1. The first-order chi connectivity index (χ1) is 8.87. The van der Waals surface area contributed by atoms with Gasteiger partial charge in [0.05, 0.1) is 0 Å². The first-order valence-corrected chi connectivity index (χ1v) is 6.98. The van der Waals surface area contributed by atoms with E-state index in [0.717, 1.165) is 18.8 Å². The van der Waals surface area contributed by atoms with Gasteiger partial charge < -0.3 is 10.2 Å². The monoisotopic (exact) mass is 260 g/mol. The topological polar surface area (TPSA) is 32.3 Å². The Hall–Kier alpha value is -1.35. The van der Waals surface area contributed by atoms with E-state index in [0.29, 0.717) is 12.5 Å². The van der Waals surface area contributed by atoms with E-state index in [1.54, 1.807) is 0 Å². The lowest BCUT2D eigenvalue weighted by molar-refractivity contribution is -0.120. The molecule has 104 valence electrons. The fraction of sp³-hybridized carbons (Fsp3) is 0.562. The molecule has 1 aromatic carbocycles. The molecule has 1 aliphatic rings. The quantitative estimate of drug-likeness (QED) is 0.842. The summed E-state index contributed by atoms with van der Waals surface area (Å²) in [4.78, 5) is 14.5. The number of hydrogen-bond donors (Lipinski definition) is 1. The van der Waals surface area contributed by atoms with Crippen molar-refractivity contribution >= 4 is 11.6 Å². The fourth-order valence-corrected chi connectivity index (χ4v) is 2.43. The Morgan fingerprint density at radius 2 is 2.05 bits per heavy atom. The van der Waals surface area contributed by atoms with Crippen LogP contribution < -0.4 is 10.2 Å². The van der Waals surface area contributed by atoms with E-state index in [-0.39, 0.29) is 11.3 Å². The number of amides is 1. The molecule has 19 heavy (non-hydrogen) atoms. The average molecular weight is 260 g/mol. The second-order valence-electron chi connectivity index (χ2n) is 6.65. The van der Waals surface area contributed by atoms with E-state index in [4.69, 9.17) is 0 Å². The van der Waals surface area contributed by atoms with Gasteiger partial charge in [-0.05, 0) is 24.0 Å². The molecule has 2 rings (SSSR count). The molecule has 0 bridgehead atoms. The number of para-hydroxylation sites is 1. The third-order valence-electron chi connectivity index (χ3n) is 3.36. The smallest absolute Gasteiger partial charge is 0.227 e. The van der Waals surface area contributed by atoms with E-state index < -0.39 is 0 Å². The molecule has 0 saturated heterocycles. The second-order valence-corrected chi connectivity index (χ2v) is 6.65. The van der Waals surface area contributed by atoms with Crippen molar-refractivity contribution in [2.75, 3.05) is 11.4 Å². The van der Waals surface area contributed by atoms with Gasteiger partial charge in [-0.3, -0.25) is 4.79 Å². The highest BCUT2D eigenvalue weighted by molar-refractivity contribution is 5.94. The van der Waals surface area contributed by atoms with Crippen LogP contribution in [0, 0.1) is 5.41 Å². The zero-order valence-corrected chi connectivity index (χ0v) is 12.4. The van der Waals surface area contributed by atoms with Gasteiger partial charge in [-0.25, -0.2) is 0 Å². The van der Waals surface area contributed by atoms with Crippen LogP contribution in [0.3, 0.4) is 0 Å². The van der Waals surface area contributed by atoms with Crippen LogP contribution in [0.5, 0.6) is 0 Å². The molecule has 0 saturated carbocycles. The van der Waals surface area contributed by atoms with Gasteiger partial charge in [0.1, 0.15) is 0 Å². The molecule has 0 radical (unpaired) electrons. The largest absolute Gasteiger partial charge is 0.311 e. The van der Waals surface area contributed by atoms with E-state index in [2.05, 4.69) is 45.1 Å². The van der Waals surface area contributed by atoms with Crippen LogP contribution in [0.1, 0.15) is 39.7 Å². The maximum atomic E-state index is 12.6. The molecule has 1 atom stereocenters. The molecule has 1 heterocycles. The molecule has 0 fully saturated rings. The van der Waals surface area contributed by atoms with Crippen molar-refractivity contribution < 1.29 is 4.79 Å². The number of carbonyl (C=O) groups is 1. The minimum atomic E-state index is 0.0228. The number of anilines is 1. The highest BCUT2D eigenvalue weighted by Gasteiger charge is 2.26. The normalized spacial score (nSPS) is 19.8. The summed E-state index contributed by atoms with van der Waals surface area (Å²) in [5.41, 5.74) is 2.29. The van der Waals surface area contributed by atoms with E-state index in [1.165, 1.54) is 5.56 Å². The molecule has 1 aliphatic heterocycles. The molecule has 1 amide bonds. The summed E-state index contributed by atoms with van der Waals surface area (Å²) in [6, 6.07) is 8.50. The lowest BCUT2D eigenvalue weighted by atomic mass is 9.91. The lowest BCUT2D eigenvalue weighted by Crippen LogP contribution is -2.40. The standard InChI is InChI=1S/C16H24N2O/c1-12-11-18(15(19)9-16(2,3)4)14-8-6-5-7-13(14)10-17-12/h5-8,12,17H,9-11H2,1-4H3. The summed E-state index contributed by atoms with van der Waals surface area (Å²) in [7, 11) is 0. The lowest BCUT2D eigenvalue weighted by Gasteiger charge is -2.28. The minimum absolute atomic E-state index is 0.0228. The van der Waals surface area contributed by atoms with E-state index >= 15 is 0 Å². The van der Waals surface area contributed by atoms with Crippen LogP contribution in [-0.2, 0) is 11.3 Å². The van der Waals surface area contributed by atoms with Crippen molar-refractivity contribution in [1.82, 2.24) is 5.32 Å². The number of rotatable bonds is 1. The van der Waals surface area contributed by atoms with Gasteiger partial charge in [0.25, 0.3) is 0 Å². The number of hydrogen-bond acceptors (Lipinski definition) is 2. The summed E-state index contributed by atoms with van der Waals surface area (Å²) in [5.74, 6) is 0.218. The highest BCUT2D eigenvalue weighted by atomic mass is 16.2. The first-order valence-electron chi connectivity index (χ1n) is 6.98. The van der Waals surface area contributed by atoms with Crippen LogP contribution in [0.2, 0.25) is 0 Å². The molecule has 0 aliphatic carbocycles. The molecule has 1 aromatic rings. The SMILES string of the molecule is CC1CN(C(=O)CC(C)(C)C)c2ccccc2CN1. The fourth-order valence-electron chi connectivity index (χ4n) is 2.43. The van der Waals surface area contributed by atoms with Crippen molar-refractivity contribution in [3.05, 3.63) is 29.8 Å². The predicted octanol–water partition coefficient (Wildman–Crippen LogP) is 2.95. The zero-order chi connectivity index (χ0) is 14.0. The van der Waals surface area contributed by atoms with Gasteiger partial charge >= 0.3 is 0 Å². The van der Waals surface area contributed by atoms with Crippen LogP contribution in [0.25, 0.3) is 0 Å². The first kappa shape index (κ1) is 14.1. The Balaban J connectivity index is 2.29. The summed E-state index contributed by atoms with van der Waals surface area (Å²) >= 11 is 0. The van der Waals surface area contributed by atoms with Crippen molar-refractivity contribution in [3.8, 4) is 0 Å². The summed E-state index contributed by atoms with van der Waals surface area (Å²) < 4.78 is 0. The van der Waals surface area contributed by atoms with E-state index in [9.17, 15) is 4.79 Å². The zero-order valence-electron chi connectivity index (χ0n) is 12.4. The maximum Gasteiger partial charge on any atom is 0.227 e. The Kier molecular flexibility index (Phi) is 3.95. The van der Waals surface area contributed by atoms with E-state index in [1.807, 2.05) is 17.0 Å². The Labute approximate surface area is 116 Å². The average Bonchev–Trinajstić information content (AvgIpc) is 2.47. The number of nitrogens with one attached hydrogen (secondary N) is 1. The van der Waals surface area contributed by atoms with Gasteiger partial charge in [0.15, 0.2) is 0 Å². The van der Waals surface area contributed by atoms with Crippen molar-refractivity contribution in [3.63, 3.8) is 0 Å². The highest BCUT2D eigenvalue weighted by Crippen LogP contribution is 2.27. The number of fused-ring (bicyclic) bond motifs is 1. The molecular weight excluding hydrogens is 236 g/mol. The molecule has 3 nitrogen and oxygen atoms in total. The molecule has 1 N–H and O–H groups in total. The van der Waals surface area contributed by atoms with Gasteiger partial charge in [0, 0.05) is 31.2 Å². The number of nitrogens with zero attached hydrogens (tertiary/aromatic N) is 1. The van der Waals surface area contributed by atoms with Gasteiger partial charge in [0.2, 0.25) is 5.91 Å². The van der Waals surface area contributed by atoms with Crippen molar-refractivity contribution in [1.29, 1.82) is 0 Å². The summed E-state index contributed by atoms with van der Waals surface area (Å²) in [6.07, 6.45) is 0.577. The third-order valence-corrected chi connectivity index (χ3v) is 3.36. The summed E-state index contributed by atoms with van der Waals surface area (Å²) in [6.45, 7) is 10.0. The molecule has 0 aromatic heterocycles. The van der Waals surface area contributed by atoms with Gasteiger partial charge in [-0.2, -0.15) is 0 Å². The number of benzene rings is 1. The summed E-state index contributed by atoms with van der Waals surface area (Å²) in [5, 5.41) is 3.45. The Morgan fingerprint density at radius 1 is 1.37 bits per heavy atom. The molecular formula is C16H24N2O.